The maximum absolute atomic E-state index is 11.2. The first kappa shape index (κ1) is 6.61. The molecule has 10 heavy (non-hydrogen) atoms. The Morgan fingerprint density at radius 2 is 1.70 bits per heavy atom. The largest absolute Gasteiger partial charge is 1.00 e. The molecule has 0 aliphatic carbocycles. The molecule has 52 valence electrons. The Balaban J connectivity index is 0.000000720. The fourth-order valence-corrected chi connectivity index (χ4v) is 1.90. The Hall–Kier alpha value is 1.11. The van der Waals surface area contributed by atoms with Crippen LogP contribution in [0.2, 0.25) is 0 Å². The summed E-state index contributed by atoms with van der Waals surface area (Å²) in [5.74, 6) is 0. The second-order valence-electron chi connectivity index (χ2n) is 2.10. The van der Waals surface area contributed by atoms with E-state index in [1.54, 1.807) is 0 Å². The van der Waals surface area contributed by atoms with Crippen LogP contribution in [-0.2, 0) is 4.57 Å². The van der Waals surface area contributed by atoms with Crippen LogP contribution in [0, 0.1) is 0 Å². The van der Waals surface area contributed by atoms with E-state index in [-0.39, 0.29) is 29.6 Å². The van der Waals surface area contributed by atoms with Crippen LogP contribution >= 0.6 is 7.67 Å². The van der Waals surface area contributed by atoms with Gasteiger partial charge in [0.1, 0.15) is 7.67 Å². The van der Waals surface area contributed by atoms with Gasteiger partial charge in [-0.3, -0.25) is 0 Å². The van der Waals surface area contributed by atoms with Crippen molar-refractivity contribution >= 4 is 7.67 Å². The number of hydrogen-bond acceptors (Lipinski definition) is 2. The molecule has 2 saturated heterocycles. The van der Waals surface area contributed by atoms with Crippen LogP contribution < -0.4 is 34.5 Å². The third-order valence-electron chi connectivity index (χ3n) is 1.34. The van der Waals surface area contributed by atoms with Crippen LogP contribution in [0.5, 0.6) is 0 Å². The average molecular weight is 172 g/mol. The molecule has 2 fully saturated rings. The molecule has 4 nitrogen and oxygen atoms in total. The van der Waals surface area contributed by atoms with Gasteiger partial charge < -0.3 is 9.46 Å². The third-order valence-corrected chi connectivity index (χ3v) is 3.29. The molecule has 0 aromatic carbocycles. The van der Waals surface area contributed by atoms with Gasteiger partial charge in [-0.2, -0.15) is 0 Å². The monoisotopic (exact) mass is 172 g/mol. The van der Waals surface area contributed by atoms with E-state index in [4.69, 9.17) is 2.74 Å². The number of rotatable bonds is 2. The Kier molecular flexibility index (Phi) is 1.89. The molecule has 2 aliphatic rings. The van der Waals surface area contributed by atoms with E-state index in [1.165, 1.54) is 0 Å². The van der Waals surface area contributed by atoms with E-state index >= 15 is 0 Å². The van der Waals surface area contributed by atoms with Crippen LogP contribution in [0.15, 0.2) is 0 Å². The average Bonchev–Trinajstić information content (AvgIpc) is 2.69. The van der Waals surface area contributed by atoms with Crippen LogP contribution in [0.25, 0.3) is 0 Å². The molecule has 2 heterocycles. The summed E-state index contributed by atoms with van der Waals surface area (Å²) in [5.41, 5.74) is 0. The summed E-state index contributed by atoms with van der Waals surface area (Å²) in [7, 11) is -3.68. The standard InChI is InChI=1S/C4H9N2O2P.Na/c7-9(8,5-1-2-5)6-3-4-6;/h1-4H2,(H,7,8);/q;+1/p-1/i1D,3D;. The van der Waals surface area contributed by atoms with Crippen molar-refractivity contribution in [2.24, 2.45) is 0 Å². The predicted molar refractivity (Wildman–Crippen MR) is 30.8 cm³/mol. The molecule has 0 N–H and O–H groups in total. The first-order valence-corrected chi connectivity index (χ1v) is 4.26. The van der Waals surface area contributed by atoms with E-state index in [9.17, 15) is 9.46 Å². The first-order valence-electron chi connectivity index (χ1n) is 3.89. The van der Waals surface area contributed by atoms with Gasteiger partial charge in [0.2, 0.25) is 0 Å². The van der Waals surface area contributed by atoms with Crippen molar-refractivity contribution in [3.63, 3.8) is 0 Å². The molecule has 6 heteroatoms. The summed E-state index contributed by atoms with van der Waals surface area (Å²) in [4.78, 5) is 11.2. The van der Waals surface area contributed by atoms with Gasteiger partial charge in [-0.25, -0.2) is 9.34 Å². The SMILES string of the molecule is [2H]C1CN1P(=O)([O-])N1CC1[2H].[Na+]. The second kappa shape index (κ2) is 2.87. The fourth-order valence-electron chi connectivity index (χ4n) is 0.633. The van der Waals surface area contributed by atoms with Crippen molar-refractivity contribution in [2.45, 2.75) is 0 Å². The molecule has 4 atom stereocenters. The van der Waals surface area contributed by atoms with Crippen molar-refractivity contribution in [1.29, 1.82) is 0 Å². The predicted octanol–water partition coefficient (Wildman–Crippen LogP) is -3.91. The molecule has 0 saturated carbocycles. The third kappa shape index (κ3) is 1.64. The van der Waals surface area contributed by atoms with Crippen LogP contribution in [-0.4, -0.2) is 35.5 Å². The zero-order valence-corrected chi connectivity index (χ0v) is 8.62. The van der Waals surface area contributed by atoms with Crippen LogP contribution in [0.1, 0.15) is 2.74 Å². The van der Waals surface area contributed by atoms with Crippen LogP contribution in [0.4, 0.5) is 0 Å². The maximum atomic E-state index is 11.2. The summed E-state index contributed by atoms with van der Waals surface area (Å²) in [6.45, 7) is -0.592. The van der Waals surface area contributed by atoms with Gasteiger partial charge in [-0.05, 0) is 0 Å². The topological polar surface area (TPSA) is 46.1 Å². The Morgan fingerprint density at radius 1 is 1.40 bits per heavy atom. The van der Waals surface area contributed by atoms with Gasteiger partial charge in [0.15, 0.2) is 0 Å². The zero-order valence-electron chi connectivity index (χ0n) is 7.73. The summed E-state index contributed by atoms with van der Waals surface area (Å²) < 4.78 is 27.5. The van der Waals surface area contributed by atoms with Crippen molar-refractivity contribution in [3.05, 3.63) is 0 Å². The summed E-state index contributed by atoms with van der Waals surface area (Å²) in [6, 6.07) is 0. The van der Waals surface area contributed by atoms with E-state index in [2.05, 4.69) is 0 Å². The van der Waals surface area contributed by atoms with Crippen molar-refractivity contribution in [2.75, 3.05) is 26.1 Å². The minimum Gasteiger partial charge on any atom is -0.776 e. The Bertz CT molecular complexity index is 223. The molecule has 0 bridgehead atoms. The summed E-state index contributed by atoms with van der Waals surface area (Å²) in [5, 5.41) is 0. The molecular weight excluding hydrogens is 162 g/mol. The zero-order chi connectivity index (χ0) is 8.22. The molecule has 0 aromatic rings. The normalized spacial score (nSPS) is 58.9. The minimum absolute atomic E-state index is 0. The Labute approximate surface area is 84.8 Å². The first-order chi connectivity index (χ1) is 5.03. The van der Waals surface area contributed by atoms with Gasteiger partial charge in [0, 0.05) is 28.9 Å². The van der Waals surface area contributed by atoms with Crippen molar-refractivity contribution < 1.29 is 41.8 Å². The fraction of sp³-hybridized carbons (Fsp3) is 1.00. The van der Waals surface area contributed by atoms with E-state index in [0.29, 0.717) is 13.1 Å². The van der Waals surface area contributed by atoms with Gasteiger partial charge in [-0.1, -0.05) is 0 Å². The maximum Gasteiger partial charge on any atom is 1.00 e. The Morgan fingerprint density at radius 3 is 1.90 bits per heavy atom. The molecule has 0 amide bonds. The van der Waals surface area contributed by atoms with E-state index < -0.39 is 20.7 Å². The molecule has 2 rings (SSSR count). The number of hydrogen-bond donors (Lipinski definition) is 0. The van der Waals surface area contributed by atoms with Gasteiger partial charge in [-0.15, -0.1) is 0 Å². The van der Waals surface area contributed by atoms with Crippen LogP contribution in [0.3, 0.4) is 0 Å². The van der Waals surface area contributed by atoms with E-state index in [1.807, 2.05) is 0 Å². The summed E-state index contributed by atoms with van der Waals surface area (Å²) >= 11 is 0. The van der Waals surface area contributed by atoms with Crippen molar-refractivity contribution in [3.8, 4) is 0 Å². The molecule has 0 aromatic heterocycles. The molecular formula is C4H8N2NaO2P. The molecule has 2 aliphatic heterocycles. The van der Waals surface area contributed by atoms with Crippen molar-refractivity contribution in [1.82, 2.24) is 9.34 Å². The molecule has 0 spiro atoms. The van der Waals surface area contributed by atoms with Gasteiger partial charge in [0.05, 0.1) is 0 Å². The number of nitrogens with zero attached hydrogens (tertiary/aromatic N) is 2. The molecule has 0 radical (unpaired) electrons. The van der Waals surface area contributed by atoms with E-state index in [0.717, 1.165) is 9.34 Å². The van der Waals surface area contributed by atoms with Gasteiger partial charge >= 0.3 is 29.6 Å². The van der Waals surface area contributed by atoms with Gasteiger partial charge in [0.25, 0.3) is 0 Å². The minimum atomic E-state index is -3.68. The quantitative estimate of drug-likeness (QED) is 0.242. The summed E-state index contributed by atoms with van der Waals surface area (Å²) in [6.07, 6.45) is 0. The second-order valence-corrected chi connectivity index (χ2v) is 4.11. The smallest absolute Gasteiger partial charge is 0.776 e. The molecule has 4 unspecified atom stereocenters.